The first-order chi connectivity index (χ1) is 53.5. The summed E-state index contributed by atoms with van der Waals surface area (Å²) in [5.74, 6) is 5.55. The van der Waals surface area contributed by atoms with E-state index >= 15 is 0 Å². The molecule has 3 fully saturated rings. The van der Waals surface area contributed by atoms with Crippen LogP contribution in [0.2, 0.25) is 0 Å². The average molecular weight is 1540 g/mol. The third-order valence-corrected chi connectivity index (χ3v) is 18.1. The Morgan fingerprint density at radius 1 is 0.382 bits per heavy atom. The van der Waals surface area contributed by atoms with Gasteiger partial charge in [0, 0.05) is 59.5 Å². The molecule has 3 saturated carbocycles. The maximum absolute atomic E-state index is 12.7. The lowest BCUT2D eigenvalue weighted by atomic mass is 9.84. The minimum atomic E-state index is -4.40. The second-order valence-electron chi connectivity index (χ2n) is 27.3. The van der Waals surface area contributed by atoms with E-state index in [0.717, 1.165) is 114 Å². The van der Waals surface area contributed by atoms with E-state index in [0.29, 0.717) is 83.5 Å². The van der Waals surface area contributed by atoms with Crippen LogP contribution in [0.3, 0.4) is 0 Å². The molecule has 3 aliphatic rings. The number of hydrogen-bond donors (Lipinski definition) is 0. The van der Waals surface area contributed by atoms with Crippen molar-refractivity contribution in [1.29, 1.82) is 0 Å². The first-order valence-electron chi connectivity index (χ1n) is 41.3. The van der Waals surface area contributed by atoms with Crippen LogP contribution in [0, 0.1) is 18.8 Å². The number of alkyl halides is 3. The van der Waals surface area contributed by atoms with Crippen molar-refractivity contribution in [3.8, 4) is 23.0 Å². The monoisotopic (exact) mass is 1540 g/mol. The van der Waals surface area contributed by atoms with E-state index in [1.807, 2.05) is 103 Å². The summed E-state index contributed by atoms with van der Waals surface area (Å²) in [6.07, 6.45) is 16.2. The molecule has 0 bridgehead atoms. The van der Waals surface area contributed by atoms with Gasteiger partial charge in [0.05, 0.1) is 57.7 Å². The molecule has 14 nitrogen and oxygen atoms in total. The highest BCUT2D eigenvalue weighted by atomic mass is 19.4. The molecule has 0 spiro atoms. The normalized spacial score (nSPS) is 13.5. The summed E-state index contributed by atoms with van der Waals surface area (Å²) in [4.78, 5) is 11.5. The van der Waals surface area contributed by atoms with Crippen LogP contribution in [-0.2, 0) is 66.6 Å². The van der Waals surface area contributed by atoms with Crippen LogP contribution in [-0.4, -0.2) is 138 Å². The number of ether oxygens (including phenoxy) is 13. The zero-order chi connectivity index (χ0) is 80.3. The van der Waals surface area contributed by atoms with E-state index in [1.54, 1.807) is 13.0 Å². The second kappa shape index (κ2) is 67.0. The van der Waals surface area contributed by atoms with E-state index in [-0.39, 0.29) is 30.9 Å². The van der Waals surface area contributed by atoms with Crippen molar-refractivity contribution in [3.63, 3.8) is 0 Å². The van der Waals surface area contributed by atoms with Crippen LogP contribution in [0.5, 0.6) is 23.0 Å². The Kier molecular flexibility index (Phi) is 60.6. The maximum Gasteiger partial charge on any atom is 0.419 e. The van der Waals surface area contributed by atoms with Crippen LogP contribution >= 0.6 is 0 Å². The summed E-state index contributed by atoms with van der Waals surface area (Å²) >= 11 is 0. The lowest BCUT2D eigenvalue weighted by Crippen LogP contribution is -2.22. The molecular formula is C93H143F3O14. The number of carbonyl (C=O) groups excluding carboxylic acids is 1. The Morgan fingerprint density at radius 2 is 0.782 bits per heavy atom. The molecule has 0 amide bonds. The fourth-order valence-electron chi connectivity index (χ4n) is 12.1. The number of benzene rings is 6. The van der Waals surface area contributed by atoms with Crippen molar-refractivity contribution >= 4 is 5.97 Å². The lowest BCUT2D eigenvalue weighted by Gasteiger charge is -2.22. The molecule has 0 aliphatic heterocycles. The molecule has 17 heteroatoms. The van der Waals surface area contributed by atoms with Crippen molar-refractivity contribution in [3.05, 3.63) is 191 Å². The third-order valence-electron chi connectivity index (χ3n) is 18.1. The van der Waals surface area contributed by atoms with Crippen molar-refractivity contribution in [2.75, 3.05) is 132 Å². The molecule has 620 valence electrons. The van der Waals surface area contributed by atoms with Crippen LogP contribution in [0.25, 0.3) is 0 Å². The molecule has 9 rings (SSSR count). The molecule has 0 unspecified atom stereocenters. The summed E-state index contributed by atoms with van der Waals surface area (Å²) in [7, 11) is 0. The Morgan fingerprint density at radius 3 is 1.25 bits per heavy atom. The Hall–Kier alpha value is -6.54. The quantitative estimate of drug-likeness (QED) is 0.0268. The number of rotatable bonds is 38. The summed E-state index contributed by atoms with van der Waals surface area (Å²) in [6, 6.07) is 49.4. The fourth-order valence-corrected chi connectivity index (χ4v) is 12.1. The van der Waals surface area contributed by atoms with Crippen LogP contribution in [0.4, 0.5) is 13.2 Å². The van der Waals surface area contributed by atoms with Crippen molar-refractivity contribution in [1.82, 2.24) is 0 Å². The van der Waals surface area contributed by atoms with Crippen LogP contribution in [0.1, 0.15) is 236 Å². The topological polar surface area (TPSA) is 137 Å². The number of aryl methyl sites for hydroxylation is 1. The number of hydrogen-bond acceptors (Lipinski definition) is 14. The fraction of sp³-hybridized carbons (Fsp3) is 0.602. The standard InChI is InChI=1S/C16H24O2.C16H26O2.C12H15F3O2.C11H20O3.C10H14O2.C10H14O.C9H18O.C9H12O/c1-2-17-12-13-18-16-10-8-15(9-11-16)14-6-4-3-5-7-14;1-6-17-10-11-18-16-14(12(2)3)8-7-9-15(16)13(4)5;1-3-16-7-8-17-11-9(2)5-4-6-10(11)12(13,14)15;1-2-13-8-9-14-11(12)10-6-4-3-5-7-10;1-2-11-8-9-12-10-6-4-3-5-7-10;1-2-11-9-8-10-6-4-3-5-7-10;2*1-2-10-8-9-6-4-3-5-7-9/h8-11,14H,2-7,12-13H2,1H3;7-9,12-13H,6,10-11H2,1-5H3;4-6H,3,7-8H2,1-2H3;10H,2-9H2,1H3;3-7H,2,8-9H2,1H3;3-7H,2,8-9H2,1H3;9H,2-8H2,1H3;3-7H,2,8H2,1H3. The first kappa shape index (κ1) is 99.5. The predicted octanol–water partition coefficient (Wildman–Crippen LogP) is 23.3. The van der Waals surface area contributed by atoms with Gasteiger partial charge in [-0.15, -0.1) is 0 Å². The van der Waals surface area contributed by atoms with E-state index in [4.69, 9.17) is 61.6 Å². The van der Waals surface area contributed by atoms with Gasteiger partial charge >= 0.3 is 12.1 Å². The molecule has 3 aliphatic carbocycles. The Labute approximate surface area is 663 Å². The maximum atomic E-state index is 12.7. The SMILES string of the molecule is CCOCC1CCCCC1.CCOCCOC(=O)C1CCCCC1.CCOCCOc1c(C(C)C)cccc1C(C)C.CCOCCOc1c(C)cccc1C(F)(F)F.CCOCCOc1ccc(C2CCCCC2)cc1.CCOCCOc1ccccc1.CCOCCc1ccccc1.CCOCc1ccccc1. The zero-order valence-corrected chi connectivity index (χ0v) is 69.8. The molecular weight excluding hydrogens is 1400 g/mol. The van der Waals surface area contributed by atoms with E-state index in [2.05, 4.69) is 113 Å². The van der Waals surface area contributed by atoms with Gasteiger partial charge in [-0.05, 0) is 195 Å². The highest BCUT2D eigenvalue weighted by Gasteiger charge is 2.35. The van der Waals surface area contributed by atoms with Crippen molar-refractivity contribution in [2.45, 2.75) is 223 Å². The summed E-state index contributed by atoms with van der Waals surface area (Å²) in [5.41, 5.74) is 6.37. The third kappa shape index (κ3) is 49.1. The van der Waals surface area contributed by atoms with Crippen molar-refractivity contribution in [2.24, 2.45) is 11.8 Å². The Bertz CT molecular complexity index is 3000. The minimum Gasteiger partial charge on any atom is -0.491 e. The summed E-state index contributed by atoms with van der Waals surface area (Å²) in [6.45, 7) is 39.9. The molecule has 0 atom stereocenters. The highest BCUT2D eigenvalue weighted by Crippen LogP contribution is 2.39. The number of carbonyl (C=O) groups is 1. The van der Waals surface area contributed by atoms with E-state index < -0.39 is 11.7 Å². The molecule has 0 saturated heterocycles. The predicted molar refractivity (Wildman–Crippen MR) is 443 cm³/mol. The first-order valence-corrected chi connectivity index (χ1v) is 41.3. The van der Waals surface area contributed by atoms with Crippen molar-refractivity contribution < 1.29 is 79.5 Å². The lowest BCUT2D eigenvalue weighted by molar-refractivity contribution is -0.151. The number of halogens is 3. The molecule has 110 heavy (non-hydrogen) atoms. The molecule has 6 aromatic carbocycles. The molecule has 0 heterocycles. The van der Waals surface area contributed by atoms with Gasteiger partial charge in [-0.25, -0.2) is 0 Å². The average Bonchev–Trinajstić information content (AvgIpc) is 0.826. The summed E-state index contributed by atoms with van der Waals surface area (Å²) in [5, 5.41) is 0. The van der Waals surface area contributed by atoms with Crippen LogP contribution < -0.4 is 18.9 Å². The van der Waals surface area contributed by atoms with Gasteiger partial charge in [-0.1, -0.05) is 207 Å². The number of esters is 1. The van der Waals surface area contributed by atoms with Gasteiger partial charge < -0.3 is 61.6 Å². The van der Waals surface area contributed by atoms with Gasteiger partial charge in [-0.3, -0.25) is 4.79 Å². The second-order valence-corrected chi connectivity index (χ2v) is 27.3. The molecule has 0 aromatic heterocycles. The zero-order valence-electron chi connectivity index (χ0n) is 69.8. The minimum absolute atomic E-state index is 0.0237. The smallest absolute Gasteiger partial charge is 0.419 e. The van der Waals surface area contributed by atoms with Gasteiger partial charge in [0.1, 0.15) is 56.0 Å². The molecule has 6 aromatic rings. The van der Waals surface area contributed by atoms with Gasteiger partial charge in [0.2, 0.25) is 0 Å². The van der Waals surface area contributed by atoms with E-state index in [1.165, 1.54) is 117 Å². The van der Waals surface area contributed by atoms with E-state index in [9.17, 15) is 18.0 Å². The molecule has 0 radical (unpaired) electrons. The van der Waals surface area contributed by atoms with Gasteiger partial charge in [0.15, 0.2) is 0 Å². The summed E-state index contributed by atoms with van der Waals surface area (Å²) < 4.78 is 107. The van der Waals surface area contributed by atoms with Gasteiger partial charge in [0.25, 0.3) is 0 Å². The highest BCUT2D eigenvalue weighted by molar-refractivity contribution is 5.72. The largest absolute Gasteiger partial charge is 0.491 e. The van der Waals surface area contributed by atoms with Crippen LogP contribution in [0.15, 0.2) is 152 Å². The Balaban J connectivity index is 0.000000431. The molecule has 0 N–H and O–H groups in total. The number of para-hydroxylation sites is 3. The van der Waals surface area contributed by atoms with Gasteiger partial charge in [-0.2, -0.15) is 13.2 Å².